The van der Waals surface area contributed by atoms with Crippen LogP contribution in [0.25, 0.3) is 0 Å². The van der Waals surface area contributed by atoms with Crippen molar-refractivity contribution < 1.29 is 28.7 Å². The van der Waals surface area contributed by atoms with Gasteiger partial charge in [-0.2, -0.15) is 0 Å². The van der Waals surface area contributed by atoms with Crippen LogP contribution >= 0.6 is 0 Å². The van der Waals surface area contributed by atoms with E-state index in [4.69, 9.17) is 15.2 Å². The van der Waals surface area contributed by atoms with Crippen molar-refractivity contribution in [3.05, 3.63) is 35.9 Å². The second kappa shape index (κ2) is 15.1. The Kier molecular flexibility index (Phi) is 11.3. The minimum absolute atomic E-state index is 0.0124. The minimum Gasteiger partial charge on any atom is -0.377 e. The molecular weight excluding hydrogens is 514 g/mol. The van der Waals surface area contributed by atoms with Gasteiger partial charge in [0.05, 0.1) is 19.8 Å². The Morgan fingerprint density at radius 3 is 2.45 bits per heavy atom. The highest BCUT2D eigenvalue weighted by molar-refractivity contribution is 5.94. The van der Waals surface area contributed by atoms with Crippen molar-refractivity contribution in [1.29, 1.82) is 0 Å². The third-order valence-electron chi connectivity index (χ3n) is 8.23. The summed E-state index contributed by atoms with van der Waals surface area (Å²) >= 11 is 0. The second-order valence-electron chi connectivity index (χ2n) is 10.9. The minimum atomic E-state index is -0.233. The first kappa shape index (κ1) is 30.0. The molecule has 5 rings (SSSR count). The first-order valence-corrected chi connectivity index (χ1v) is 14.5. The van der Waals surface area contributed by atoms with Crippen molar-refractivity contribution in [1.82, 2.24) is 20.0 Å². The molecule has 40 heavy (non-hydrogen) atoms. The number of rotatable bonds is 4. The highest BCUT2D eigenvalue weighted by Gasteiger charge is 2.36. The Balaban J connectivity index is 1.43. The third kappa shape index (κ3) is 8.25. The lowest BCUT2D eigenvalue weighted by Crippen LogP contribution is -2.54. The number of nitrogens with two attached hydrogens (primary N) is 1. The first-order chi connectivity index (χ1) is 19.5. The molecule has 0 radical (unpaired) electrons. The summed E-state index contributed by atoms with van der Waals surface area (Å²) in [6.45, 7) is 3.73. The summed E-state index contributed by atoms with van der Waals surface area (Å²) in [6.07, 6.45) is 3.04. The molecule has 2 bridgehead atoms. The topological polar surface area (TPSA) is 135 Å². The molecule has 11 nitrogen and oxygen atoms in total. The molecule has 0 saturated carbocycles. The maximum atomic E-state index is 13.5. The lowest BCUT2D eigenvalue weighted by molar-refractivity contribution is -0.148. The van der Waals surface area contributed by atoms with Gasteiger partial charge in [-0.3, -0.25) is 19.2 Å². The molecular formula is C29H43N5O6. The van der Waals surface area contributed by atoms with E-state index in [-0.39, 0.29) is 61.3 Å². The van der Waals surface area contributed by atoms with Crippen LogP contribution in [0.3, 0.4) is 0 Å². The molecule has 1 aromatic rings. The Morgan fingerprint density at radius 1 is 0.950 bits per heavy atom. The number of nitrogens with zero attached hydrogens (tertiary/aromatic N) is 3. The van der Waals surface area contributed by atoms with E-state index in [0.29, 0.717) is 77.3 Å². The highest BCUT2D eigenvalue weighted by Crippen LogP contribution is 2.29. The smallest absolute Gasteiger partial charge is 0.253 e. The maximum absolute atomic E-state index is 13.5. The van der Waals surface area contributed by atoms with Gasteiger partial charge in [-0.05, 0) is 56.2 Å². The fourth-order valence-electron chi connectivity index (χ4n) is 5.96. The van der Waals surface area contributed by atoms with Crippen molar-refractivity contribution in [3.8, 4) is 0 Å². The van der Waals surface area contributed by atoms with E-state index in [2.05, 4.69) is 5.32 Å². The summed E-state index contributed by atoms with van der Waals surface area (Å²) in [5, 5.41) is 2.91. The zero-order valence-corrected chi connectivity index (χ0v) is 23.3. The molecule has 4 heterocycles. The second-order valence-corrected chi connectivity index (χ2v) is 10.9. The Labute approximate surface area is 236 Å². The molecule has 4 aliphatic heterocycles. The Hall–Kier alpha value is -3.02. The third-order valence-corrected chi connectivity index (χ3v) is 8.23. The fraction of sp³-hybridized carbons (Fsp3) is 0.655. The summed E-state index contributed by atoms with van der Waals surface area (Å²) in [5.74, 6) is -0.0876. The van der Waals surface area contributed by atoms with Gasteiger partial charge in [0.1, 0.15) is 13.2 Å². The molecule has 220 valence electrons. The summed E-state index contributed by atoms with van der Waals surface area (Å²) in [5.41, 5.74) is 6.53. The van der Waals surface area contributed by atoms with E-state index >= 15 is 0 Å². The summed E-state index contributed by atoms with van der Waals surface area (Å²) in [4.78, 5) is 57.6. The largest absolute Gasteiger partial charge is 0.377 e. The molecule has 11 heteroatoms. The predicted molar refractivity (Wildman–Crippen MR) is 148 cm³/mol. The van der Waals surface area contributed by atoms with Crippen LogP contribution in [-0.4, -0.2) is 117 Å². The number of hydrogen-bond acceptors (Lipinski definition) is 7. The van der Waals surface area contributed by atoms with Crippen LogP contribution in [0.15, 0.2) is 30.3 Å². The van der Waals surface area contributed by atoms with Crippen molar-refractivity contribution in [3.63, 3.8) is 0 Å². The molecule has 2 atom stereocenters. The van der Waals surface area contributed by atoms with E-state index in [1.54, 1.807) is 17.0 Å². The zero-order chi connectivity index (χ0) is 28.3. The van der Waals surface area contributed by atoms with Gasteiger partial charge in [-0.1, -0.05) is 18.2 Å². The quantitative estimate of drug-likeness (QED) is 0.515. The van der Waals surface area contributed by atoms with Crippen molar-refractivity contribution in [2.24, 2.45) is 17.6 Å². The molecule has 4 amide bonds. The van der Waals surface area contributed by atoms with Crippen molar-refractivity contribution >= 4 is 23.6 Å². The van der Waals surface area contributed by atoms with E-state index in [1.807, 2.05) is 28.0 Å². The number of nitrogens with one attached hydrogen (secondary N) is 1. The number of likely N-dealkylation sites (tertiary alicyclic amines) is 1. The normalized spacial score (nSPS) is 24.9. The number of benzene rings is 1. The molecule has 0 unspecified atom stereocenters. The first-order valence-electron chi connectivity index (χ1n) is 14.5. The van der Waals surface area contributed by atoms with Gasteiger partial charge in [0, 0.05) is 50.7 Å². The predicted octanol–water partition coefficient (Wildman–Crippen LogP) is 0.486. The van der Waals surface area contributed by atoms with Gasteiger partial charge < -0.3 is 35.2 Å². The van der Waals surface area contributed by atoms with Gasteiger partial charge in [0.2, 0.25) is 17.7 Å². The molecule has 4 aliphatic rings. The summed E-state index contributed by atoms with van der Waals surface area (Å²) in [6, 6.07) is 9.02. The monoisotopic (exact) mass is 557 g/mol. The Bertz CT molecular complexity index is 1000. The number of piperidine rings is 2. The number of carbonyl (C=O) groups is 4. The van der Waals surface area contributed by atoms with Crippen molar-refractivity contribution in [2.45, 2.75) is 38.1 Å². The van der Waals surface area contributed by atoms with E-state index in [9.17, 15) is 19.2 Å². The number of carbonyl (C=O) groups excluding carboxylic acids is 4. The molecule has 0 spiro atoms. The average molecular weight is 558 g/mol. The lowest BCUT2D eigenvalue weighted by Gasteiger charge is -2.41. The average Bonchev–Trinajstić information content (AvgIpc) is 2.97. The van der Waals surface area contributed by atoms with E-state index in [0.717, 1.165) is 12.8 Å². The van der Waals surface area contributed by atoms with Crippen LogP contribution in [0.5, 0.6) is 0 Å². The molecule has 4 saturated heterocycles. The fourth-order valence-corrected chi connectivity index (χ4v) is 5.96. The van der Waals surface area contributed by atoms with Crippen LogP contribution in [0, 0.1) is 11.8 Å². The van der Waals surface area contributed by atoms with Crippen LogP contribution in [0.2, 0.25) is 0 Å². The summed E-state index contributed by atoms with van der Waals surface area (Å²) < 4.78 is 11.1. The lowest BCUT2D eigenvalue weighted by atomic mass is 9.81. The number of ether oxygens (including phenoxy) is 2. The zero-order valence-electron chi connectivity index (χ0n) is 23.3. The number of fused-ring (bicyclic) bond motifs is 15. The molecule has 4 fully saturated rings. The van der Waals surface area contributed by atoms with Crippen LogP contribution in [0.1, 0.15) is 42.5 Å². The number of hydrogen-bond donors (Lipinski definition) is 2. The standard InChI is InChI=1S/C29H43N5O6/c30-10-6-24-19-33-12-7-23(24)18-26(35)31-11-15-39-16-17-40-21-28(37)34(20-27(33)36)25-8-13-32(14-9-25)29(38)22-4-2-1-3-5-22/h1-5,23-25H,6-21,30H2,(H,31,35)/t23-,24-/m0/s1. The van der Waals surface area contributed by atoms with Gasteiger partial charge in [-0.25, -0.2) is 0 Å². The molecule has 0 aliphatic carbocycles. The molecule has 0 aromatic heterocycles. The van der Waals surface area contributed by atoms with Gasteiger partial charge in [0.25, 0.3) is 5.91 Å². The molecule has 1 aromatic carbocycles. The van der Waals surface area contributed by atoms with Crippen LogP contribution in [-0.2, 0) is 23.9 Å². The summed E-state index contributed by atoms with van der Waals surface area (Å²) in [7, 11) is 0. The Morgan fingerprint density at radius 2 is 1.70 bits per heavy atom. The SMILES string of the molecule is NCC[C@H]1CN2CC[C@H]1CC(=O)NCCOCCOCC(=O)N(C1CCN(C(=O)c3ccccc3)CC1)CC2=O. The van der Waals surface area contributed by atoms with Crippen LogP contribution in [0.4, 0.5) is 0 Å². The highest BCUT2D eigenvalue weighted by atomic mass is 16.5. The molecule has 3 N–H and O–H groups in total. The van der Waals surface area contributed by atoms with Gasteiger partial charge >= 0.3 is 0 Å². The number of amides is 4. The van der Waals surface area contributed by atoms with Gasteiger partial charge in [0.15, 0.2) is 0 Å². The maximum Gasteiger partial charge on any atom is 0.253 e. The van der Waals surface area contributed by atoms with E-state index in [1.165, 1.54) is 0 Å². The van der Waals surface area contributed by atoms with Crippen LogP contribution < -0.4 is 11.1 Å². The van der Waals surface area contributed by atoms with Crippen molar-refractivity contribution in [2.75, 3.05) is 72.2 Å². The van der Waals surface area contributed by atoms with E-state index < -0.39 is 0 Å². The van der Waals surface area contributed by atoms with Gasteiger partial charge in [-0.15, -0.1) is 0 Å².